The van der Waals surface area contributed by atoms with Gasteiger partial charge in [-0.3, -0.25) is 4.79 Å². The number of carboxylic acids is 1. The molecule has 0 bridgehead atoms. The van der Waals surface area contributed by atoms with Crippen LogP contribution in [0, 0.1) is 11.7 Å². The predicted molar refractivity (Wildman–Crippen MR) is 103 cm³/mol. The Morgan fingerprint density at radius 1 is 1.33 bits per heavy atom. The zero-order valence-corrected chi connectivity index (χ0v) is 17.6. The van der Waals surface area contributed by atoms with E-state index in [0.29, 0.717) is 5.56 Å². The van der Waals surface area contributed by atoms with Crippen molar-refractivity contribution in [2.24, 2.45) is 5.92 Å². The second kappa shape index (κ2) is 10.9. The van der Waals surface area contributed by atoms with Crippen LogP contribution in [0.5, 0.6) is 5.88 Å². The Kier molecular flexibility index (Phi) is 8.75. The number of methoxy groups -OCH3 is 1. The number of alkyl halides is 5. The van der Waals surface area contributed by atoms with Crippen molar-refractivity contribution in [1.29, 1.82) is 0 Å². The van der Waals surface area contributed by atoms with Crippen molar-refractivity contribution < 1.29 is 45.8 Å². The first-order valence-electron chi connectivity index (χ1n) is 9.98. The van der Waals surface area contributed by atoms with E-state index in [0.717, 1.165) is 19.4 Å². The van der Waals surface area contributed by atoms with Gasteiger partial charge in [0, 0.05) is 31.5 Å². The van der Waals surface area contributed by atoms with Crippen LogP contribution in [0.3, 0.4) is 0 Å². The fourth-order valence-corrected chi connectivity index (χ4v) is 3.32. The summed E-state index contributed by atoms with van der Waals surface area (Å²) in [6.07, 6.45) is -3.75. The lowest BCUT2D eigenvalue weighted by Crippen LogP contribution is -2.40. The molecule has 0 aromatic carbocycles. The SMILES string of the molecule is COc1nc(NCC2CC(F)(F)C2)c(F)cc1CNC(=O)[C@@H]1CCCN1.O=C(O)C(F)(F)F. The number of halogens is 6. The van der Waals surface area contributed by atoms with E-state index >= 15 is 0 Å². The maximum Gasteiger partial charge on any atom is 0.490 e. The summed E-state index contributed by atoms with van der Waals surface area (Å²) in [6, 6.07) is 1.02. The molecular formula is C19H24F6N4O4. The van der Waals surface area contributed by atoms with Gasteiger partial charge in [-0.2, -0.15) is 18.2 Å². The molecule has 4 N–H and O–H groups in total. The molecule has 1 atom stereocenters. The summed E-state index contributed by atoms with van der Waals surface area (Å²) < 4.78 is 76.9. The van der Waals surface area contributed by atoms with Gasteiger partial charge in [-0.25, -0.2) is 18.0 Å². The van der Waals surface area contributed by atoms with Gasteiger partial charge in [-0.1, -0.05) is 0 Å². The van der Waals surface area contributed by atoms with Gasteiger partial charge in [0.1, 0.15) is 0 Å². The van der Waals surface area contributed by atoms with E-state index in [2.05, 4.69) is 20.9 Å². The molecule has 8 nitrogen and oxygen atoms in total. The average Bonchev–Trinajstić information content (AvgIpc) is 3.24. The van der Waals surface area contributed by atoms with Crippen LogP contribution in [0.2, 0.25) is 0 Å². The van der Waals surface area contributed by atoms with Crippen LogP contribution in [-0.2, 0) is 16.1 Å². The third kappa shape index (κ3) is 7.94. The number of carbonyl (C=O) groups is 2. The zero-order chi connectivity index (χ0) is 24.8. The number of aromatic nitrogens is 1. The van der Waals surface area contributed by atoms with Crippen LogP contribution in [0.4, 0.5) is 32.2 Å². The molecule has 1 aliphatic heterocycles. The van der Waals surface area contributed by atoms with E-state index < -0.39 is 23.9 Å². The van der Waals surface area contributed by atoms with Gasteiger partial charge in [0.25, 0.3) is 0 Å². The maximum absolute atomic E-state index is 14.3. The summed E-state index contributed by atoms with van der Waals surface area (Å²) in [4.78, 5) is 25.0. The van der Waals surface area contributed by atoms with Crippen molar-refractivity contribution in [2.75, 3.05) is 25.5 Å². The van der Waals surface area contributed by atoms with Gasteiger partial charge in [0.2, 0.25) is 17.7 Å². The monoisotopic (exact) mass is 486 g/mol. The van der Waals surface area contributed by atoms with E-state index in [1.54, 1.807) is 0 Å². The average molecular weight is 486 g/mol. The second-order valence-corrected chi connectivity index (χ2v) is 7.67. The van der Waals surface area contributed by atoms with Crippen LogP contribution in [-0.4, -0.2) is 60.3 Å². The molecule has 1 aliphatic carbocycles. The Morgan fingerprint density at radius 3 is 2.45 bits per heavy atom. The minimum absolute atomic E-state index is 0.0374. The number of anilines is 1. The van der Waals surface area contributed by atoms with Crippen LogP contribution in [0.15, 0.2) is 6.07 Å². The highest BCUT2D eigenvalue weighted by Gasteiger charge is 2.45. The fourth-order valence-electron chi connectivity index (χ4n) is 3.32. The Morgan fingerprint density at radius 2 is 1.97 bits per heavy atom. The van der Waals surface area contributed by atoms with Gasteiger partial charge in [0.05, 0.1) is 13.2 Å². The fraction of sp³-hybridized carbons (Fsp3) is 0.632. The second-order valence-electron chi connectivity index (χ2n) is 7.67. The summed E-state index contributed by atoms with van der Waals surface area (Å²) in [6.45, 7) is 1.14. The lowest BCUT2D eigenvalue weighted by atomic mass is 9.81. The summed E-state index contributed by atoms with van der Waals surface area (Å²) >= 11 is 0. The Labute approximate surface area is 185 Å². The number of rotatable bonds is 7. The first-order chi connectivity index (χ1) is 15.3. The van der Waals surface area contributed by atoms with Gasteiger partial charge < -0.3 is 25.8 Å². The number of amides is 1. The van der Waals surface area contributed by atoms with E-state index in [9.17, 15) is 31.1 Å². The van der Waals surface area contributed by atoms with E-state index in [1.165, 1.54) is 13.2 Å². The van der Waals surface area contributed by atoms with E-state index in [1.807, 2.05) is 0 Å². The van der Waals surface area contributed by atoms with Gasteiger partial charge in [0.15, 0.2) is 11.6 Å². The molecule has 33 heavy (non-hydrogen) atoms. The Bertz CT molecular complexity index is 838. The molecule has 186 valence electrons. The number of nitrogens with zero attached hydrogens (tertiary/aromatic N) is 1. The normalized spacial score (nSPS) is 19.7. The standard InChI is InChI=1S/C17H23F3N4O2.C2HF3O2/c1-26-16-11(9-23-15(25)13-3-2-4-21-13)5-12(18)14(24-16)22-8-10-6-17(19,20)7-10;3-2(4,5)1(6)7/h5,10,13,21H,2-4,6-9H2,1H3,(H,22,24)(H,23,25);(H,6,7)/t13-;/m0./s1. The number of ether oxygens (including phenoxy) is 1. The van der Waals surface area contributed by atoms with Crippen molar-refractivity contribution in [1.82, 2.24) is 15.6 Å². The Hall–Kier alpha value is -2.77. The Balaban J connectivity index is 0.000000479. The molecular weight excluding hydrogens is 462 g/mol. The smallest absolute Gasteiger partial charge is 0.481 e. The number of aliphatic carboxylic acids is 1. The zero-order valence-electron chi connectivity index (χ0n) is 17.6. The third-order valence-electron chi connectivity index (χ3n) is 5.01. The molecule has 2 heterocycles. The molecule has 1 aromatic rings. The topological polar surface area (TPSA) is 113 Å². The van der Waals surface area contributed by atoms with Gasteiger partial charge >= 0.3 is 12.1 Å². The molecule has 1 amide bonds. The van der Waals surface area contributed by atoms with Crippen LogP contribution in [0.1, 0.15) is 31.2 Å². The van der Waals surface area contributed by atoms with Crippen LogP contribution >= 0.6 is 0 Å². The first-order valence-corrected chi connectivity index (χ1v) is 9.98. The highest BCUT2D eigenvalue weighted by Crippen LogP contribution is 2.42. The largest absolute Gasteiger partial charge is 0.490 e. The molecule has 0 unspecified atom stereocenters. The number of nitrogens with one attached hydrogen (secondary N) is 3. The highest BCUT2D eigenvalue weighted by molar-refractivity contribution is 5.82. The molecule has 1 saturated carbocycles. The van der Waals surface area contributed by atoms with Crippen LogP contribution < -0.4 is 20.7 Å². The summed E-state index contributed by atoms with van der Waals surface area (Å²) in [7, 11) is 1.40. The molecule has 2 aliphatic rings. The van der Waals surface area contributed by atoms with Crippen molar-refractivity contribution in [3.8, 4) is 5.88 Å². The molecule has 0 spiro atoms. The quantitative estimate of drug-likeness (QED) is 0.439. The third-order valence-corrected chi connectivity index (χ3v) is 5.01. The van der Waals surface area contributed by atoms with Gasteiger partial charge in [-0.15, -0.1) is 0 Å². The molecule has 1 aromatic heterocycles. The highest BCUT2D eigenvalue weighted by atomic mass is 19.4. The lowest BCUT2D eigenvalue weighted by Gasteiger charge is -2.35. The molecule has 0 radical (unpaired) electrons. The van der Waals surface area contributed by atoms with Gasteiger partial charge in [-0.05, 0) is 31.4 Å². The molecule has 3 rings (SSSR count). The van der Waals surface area contributed by atoms with Crippen LogP contribution in [0.25, 0.3) is 0 Å². The van der Waals surface area contributed by atoms with E-state index in [4.69, 9.17) is 14.6 Å². The number of hydrogen-bond donors (Lipinski definition) is 4. The number of pyridine rings is 1. The molecule has 1 saturated heterocycles. The predicted octanol–water partition coefficient (Wildman–Crippen LogP) is 2.69. The maximum atomic E-state index is 14.3. The summed E-state index contributed by atoms with van der Waals surface area (Å²) in [5.41, 5.74) is 0.414. The molecule has 2 fully saturated rings. The van der Waals surface area contributed by atoms with Crippen molar-refractivity contribution in [3.63, 3.8) is 0 Å². The van der Waals surface area contributed by atoms with Crippen molar-refractivity contribution in [3.05, 3.63) is 17.4 Å². The number of carboxylic acid groups (broad SMARTS) is 1. The van der Waals surface area contributed by atoms with Crippen molar-refractivity contribution in [2.45, 2.75) is 50.4 Å². The van der Waals surface area contributed by atoms with E-state index in [-0.39, 0.29) is 55.5 Å². The lowest BCUT2D eigenvalue weighted by molar-refractivity contribution is -0.192. The summed E-state index contributed by atoms with van der Waals surface area (Å²) in [5, 5.41) is 15.7. The number of carbonyl (C=O) groups excluding carboxylic acids is 1. The van der Waals surface area contributed by atoms with Crippen molar-refractivity contribution >= 4 is 17.7 Å². The minimum Gasteiger partial charge on any atom is -0.481 e. The number of hydrogen-bond acceptors (Lipinski definition) is 6. The molecule has 14 heteroatoms. The summed E-state index contributed by atoms with van der Waals surface area (Å²) in [5.74, 6) is -6.16. The first kappa shape index (κ1) is 26.5. The minimum atomic E-state index is -5.08.